The summed E-state index contributed by atoms with van der Waals surface area (Å²) in [7, 11) is 0. The fourth-order valence-electron chi connectivity index (χ4n) is 1.72. The summed E-state index contributed by atoms with van der Waals surface area (Å²) in [6.45, 7) is 0. The Hall–Kier alpha value is -1.87. The number of pyridine rings is 1. The second-order valence-corrected chi connectivity index (χ2v) is 4.19. The monoisotopic (exact) mass is 246 g/mol. The maximum atomic E-state index is 12.8. The van der Waals surface area contributed by atoms with Crippen LogP contribution >= 0.6 is 11.6 Å². The summed E-state index contributed by atoms with van der Waals surface area (Å²) in [6.07, 6.45) is 1.74. The lowest BCUT2D eigenvalue weighted by molar-refractivity contribution is 0.628. The molecule has 3 aromatic rings. The number of aromatic nitrogens is 2. The minimum atomic E-state index is -0.249. The van der Waals surface area contributed by atoms with Gasteiger partial charge in [-0.2, -0.15) is 5.10 Å². The Kier molecular flexibility index (Phi) is 2.34. The Balaban J connectivity index is 2.14. The van der Waals surface area contributed by atoms with E-state index < -0.39 is 0 Å². The molecular formula is C13H8ClFN2. The van der Waals surface area contributed by atoms with E-state index >= 15 is 0 Å². The van der Waals surface area contributed by atoms with Gasteiger partial charge in [0.2, 0.25) is 0 Å². The Morgan fingerprint density at radius 2 is 1.82 bits per heavy atom. The number of hydrogen-bond acceptors (Lipinski definition) is 1. The highest BCUT2D eigenvalue weighted by Gasteiger charge is 2.04. The largest absolute Gasteiger partial charge is 0.239 e. The minimum absolute atomic E-state index is 0.249. The van der Waals surface area contributed by atoms with Crippen LogP contribution in [0, 0.1) is 5.82 Å². The summed E-state index contributed by atoms with van der Waals surface area (Å²) in [5.74, 6) is -0.249. The number of hydrogen-bond donors (Lipinski definition) is 0. The Bertz CT molecular complexity index is 673. The van der Waals surface area contributed by atoms with Crippen LogP contribution in [0.5, 0.6) is 0 Å². The molecule has 0 aliphatic carbocycles. The van der Waals surface area contributed by atoms with Gasteiger partial charge in [0, 0.05) is 11.8 Å². The average Bonchev–Trinajstić information content (AvgIpc) is 2.72. The zero-order chi connectivity index (χ0) is 11.8. The van der Waals surface area contributed by atoms with Crippen LogP contribution in [-0.2, 0) is 0 Å². The van der Waals surface area contributed by atoms with E-state index in [1.165, 1.54) is 12.1 Å². The van der Waals surface area contributed by atoms with Gasteiger partial charge in [0.1, 0.15) is 5.82 Å². The maximum Gasteiger partial charge on any atom is 0.123 e. The van der Waals surface area contributed by atoms with Crippen LogP contribution < -0.4 is 0 Å². The quantitative estimate of drug-likeness (QED) is 0.639. The molecular weight excluding hydrogens is 239 g/mol. The predicted octanol–water partition coefficient (Wildman–Crippen LogP) is 3.79. The Morgan fingerprint density at radius 3 is 2.59 bits per heavy atom. The van der Waals surface area contributed by atoms with Crippen molar-refractivity contribution in [3.63, 3.8) is 0 Å². The first-order valence-corrected chi connectivity index (χ1v) is 5.51. The third-order valence-electron chi connectivity index (χ3n) is 2.56. The fourth-order valence-corrected chi connectivity index (χ4v) is 1.88. The molecule has 0 saturated carbocycles. The number of benzene rings is 1. The van der Waals surface area contributed by atoms with Crippen LogP contribution in [0.1, 0.15) is 0 Å². The predicted molar refractivity (Wildman–Crippen MR) is 65.6 cm³/mol. The van der Waals surface area contributed by atoms with Crippen molar-refractivity contribution >= 4 is 17.1 Å². The lowest BCUT2D eigenvalue weighted by Gasteiger charge is -1.94. The first-order valence-electron chi connectivity index (χ1n) is 5.13. The van der Waals surface area contributed by atoms with Crippen molar-refractivity contribution in [2.75, 3.05) is 0 Å². The first kappa shape index (κ1) is 10.3. The van der Waals surface area contributed by atoms with E-state index in [4.69, 9.17) is 11.6 Å². The number of rotatable bonds is 1. The van der Waals surface area contributed by atoms with Crippen molar-refractivity contribution in [3.05, 3.63) is 59.5 Å². The summed E-state index contributed by atoms with van der Waals surface area (Å²) in [4.78, 5) is 0. The fraction of sp³-hybridized carbons (Fsp3) is 0. The van der Waals surface area contributed by atoms with E-state index in [0.717, 1.165) is 16.8 Å². The highest BCUT2D eigenvalue weighted by atomic mass is 35.5. The molecule has 0 fully saturated rings. The van der Waals surface area contributed by atoms with Crippen LogP contribution in [0.3, 0.4) is 0 Å². The van der Waals surface area contributed by atoms with E-state index in [1.807, 2.05) is 18.2 Å². The first-order chi connectivity index (χ1) is 8.22. The van der Waals surface area contributed by atoms with Gasteiger partial charge in [-0.3, -0.25) is 0 Å². The number of fused-ring (bicyclic) bond motifs is 1. The number of nitrogens with zero attached hydrogens (tertiary/aromatic N) is 2. The van der Waals surface area contributed by atoms with Crippen molar-refractivity contribution in [2.45, 2.75) is 0 Å². The minimum Gasteiger partial charge on any atom is -0.239 e. The van der Waals surface area contributed by atoms with Gasteiger partial charge in [-0.15, -0.1) is 0 Å². The molecule has 0 unspecified atom stereocenters. The molecule has 2 heterocycles. The smallest absolute Gasteiger partial charge is 0.123 e. The molecule has 2 nitrogen and oxygen atoms in total. The van der Waals surface area contributed by atoms with Gasteiger partial charge in [0.05, 0.1) is 16.2 Å². The lowest BCUT2D eigenvalue weighted by atomic mass is 10.1. The maximum absolute atomic E-state index is 12.8. The summed E-state index contributed by atoms with van der Waals surface area (Å²) in [5, 5.41) is 5.01. The standard InChI is InChI=1S/C13H8ClFN2/c14-10-3-6-12-7-13(16-17(12)8-10)9-1-4-11(15)5-2-9/h1-8H. The highest BCUT2D eigenvalue weighted by molar-refractivity contribution is 6.30. The molecule has 0 radical (unpaired) electrons. The van der Waals surface area contributed by atoms with E-state index in [9.17, 15) is 4.39 Å². The molecule has 84 valence electrons. The zero-order valence-corrected chi connectivity index (χ0v) is 9.53. The van der Waals surface area contributed by atoms with Crippen molar-refractivity contribution in [3.8, 4) is 11.3 Å². The summed E-state index contributed by atoms with van der Waals surface area (Å²) in [5.41, 5.74) is 2.63. The van der Waals surface area contributed by atoms with Crippen molar-refractivity contribution in [1.29, 1.82) is 0 Å². The molecule has 0 amide bonds. The molecule has 0 N–H and O–H groups in total. The van der Waals surface area contributed by atoms with E-state index in [2.05, 4.69) is 5.10 Å². The molecule has 17 heavy (non-hydrogen) atoms. The van der Waals surface area contributed by atoms with Gasteiger partial charge in [0.25, 0.3) is 0 Å². The highest BCUT2D eigenvalue weighted by Crippen LogP contribution is 2.21. The lowest BCUT2D eigenvalue weighted by Crippen LogP contribution is -1.86. The van der Waals surface area contributed by atoms with Crippen LogP contribution in [0.2, 0.25) is 5.02 Å². The van der Waals surface area contributed by atoms with Crippen molar-refractivity contribution < 1.29 is 4.39 Å². The van der Waals surface area contributed by atoms with Gasteiger partial charge in [0.15, 0.2) is 0 Å². The normalized spacial score (nSPS) is 10.9. The van der Waals surface area contributed by atoms with Crippen molar-refractivity contribution in [2.24, 2.45) is 0 Å². The van der Waals surface area contributed by atoms with Gasteiger partial charge < -0.3 is 0 Å². The van der Waals surface area contributed by atoms with Gasteiger partial charge in [-0.25, -0.2) is 8.91 Å². The summed E-state index contributed by atoms with van der Waals surface area (Å²) >= 11 is 5.88. The van der Waals surface area contributed by atoms with E-state index in [1.54, 1.807) is 22.8 Å². The van der Waals surface area contributed by atoms with E-state index in [0.29, 0.717) is 5.02 Å². The second-order valence-electron chi connectivity index (χ2n) is 3.75. The molecule has 4 heteroatoms. The molecule has 0 bridgehead atoms. The molecule has 0 aliphatic rings. The third kappa shape index (κ3) is 1.89. The van der Waals surface area contributed by atoms with Gasteiger partial charge >= 0.3 is 0 Å². The molecule has 0 spiro atoms. The topological polar surface area (TPSA) is 17.3 Å². The molecule has 3 rings (SSSR count). The third-order valence-corrected chi connectivity index (χ3v) is 2.79. The van der Waals surface area contributed by atoms with E-state index in [-0.39, 0.29) is 5.82 Å². The van der Waals surface area contributed by atoms with Crippen LogP contribution in [0.15, 0.2) is 48.7 Å². The summed E-state index contributed by atoms with van der Waals surface area (Å²) < 4.78 is 14.5. The van der Waals surface area contributed by atoms with Crippen LogP contribution in [0.25, 0.3) is 16.8 Å². The van der Waals surface area contributed by atoms with Crippen LogP contribution in [-0.4, -0.2) is 9.61 Å². The molecule has 0 aliphatic heterocycles. The molecule has 0 saturated heterocycles. The Morgan fingerprint density at radius 1 is 1.06 bits per heavy atom. The Labute approximate surface area is 102 Å². The molecule has 1 aromatic carbocycles. The van der Waals surface area contributed by atoms with Crippen LogP contribution in [0.4, 0.5) is 4.39 Å². The SMILES string of the molecule is Fc1ccc(-c2cc3ccc(Cl)cn3n2)cc1. The average molecular weight is 247 g/mol. The zero-order valence-electron chi connectivity index (χ0n) is 8.77. The van der Waals surface area contributed by atoms with Crippen molar-refractivity contribution in [1.82, 2.24) is 9.61 Å². The van der Waals surface area contributed by atoms with Gasteiger partial charge in [-0.05, 0) is 42.5 Å². The number of halogens is 2. The second kappa shape index (κ2) is 3.86. The molecule has 2 aromatic heterocycles. The summed E-state index contributed by atoms with van der Waals surface area (Å²) in [6, 6.07) is 11.9. The van der Waals surface area contributed by atoms with Gasteiger partial charge in [-0.1, -0.05) is 11.6 Å². The molecule has 0 atom stereocenters.